The lowest BCUT2D eigenvalue weighted by molar-refractivity contribution is -0.142. The average Bonchev–Trinajstić information content (AvgIpc) is 2.75. The van der Waals surface area contributed by atoms with Gasteiger partial charge in [-0.15, -0.1) is 0 Å². The molecule has 1 aromatic heterocycles. The number of aromatic nitrogens is 1. The summed E-state index contributed by atoms with van der Waals surface area (Å²) in [7, 11) is 0. The first-order valence-corrected chi connectivity index (χ1v) is 9.27. The molecular weight excluding hydrogens is 384 g/mol. The topological polar surface area (TPSA) is 109 Å². The molecule has 4 rings (SSSR count). The predicted octanol–water partition coefficient (Wildman–Crippen LogP) is 2.80. The van der Waals surface area contributed by atoms with Gasteiger partial charge in [-0.3, -0.25) is 9.59 Å². The van der Waals surface area contributed by atoms with Crippen LogP contribution in [-0.4, -0.2) is 26.7 Å². The molecule has 0 saturated heterocycles. The Morgan fingerprint density at radius 1 is 0.867 bits per heavy atom. The number of nitrogens with one attached hydrogen (secondary N) is 1. The first-order valence-electron chi connectivity index (χ1n) is 9.27. The van der Waals surface area contributed by atoms with Gasteiger partial charge in [0.05, 0.1) is 11.0 Å². The summed E-state index contributed by atoms with van der Waals surface area (Å²) in [6.07, 6.45) is 0. The van der Waals surface area contributed by atoms with Crippen LogP contribution in [0.4, 0.5) is 0 Å². The number of amides is 1. The van der Waals surface area contributed by atoms with Crippen LogP contribution in [0.3, 0.4) is 0 Å². The van der Waals surface area contributed by atoms with E-state index in [1.165, 1.54) is 24.3 Å². The Bertz CT molecular complexity index is 1270. The van der Waals surface area contributed by atoms with Crippen molar-refractivity contribution in [3.8, 4) is 5.75 Å². The fraction of sp³-hybridized carbons (Fsp3) is 0.0870. The molecule has 3 aromatic carbocycles. The number of phenolic OH excluding ortho intramolecular Hbond substituents is 1. The number of carbonyl (C=O) groups is 2. The van der Waals surface area contributed by atoms with Crippen LogP contribution in [0.15, 0.2) is 77.6 Å². The van der Waals surface area contributed by atoms with Crippen LogP contribution in [0.1, 0.15) is 11.6 Å². The molecule has 0 spiro atoms. The van der Waals surface area contributed by atoms with Crippen LogP contribution in [-0.2, 0) is 16.1 Å². The molecule has 0 bridgehead atoms. The van der Waals surface area contributed by atoms with Crippen LogP contribution < -0.4 is 10.7 Å². The second-order valence-corrected chi connectivity index (χ2v) is 6.88. The van der Waals surface area contributed by atoms with Crippen molar-refractivity contribution in [3.05, 3.63) is 88.6 Å². The maximum absolute atomic E-state index is 12.8. The van der Waals surface area contributed by atoms with Gasteiger partial charge in [0.15, 0.2) is 11.5 Å². The summed E-state index contributed by atoms with van der Waals surface area (Å²) in [5, 5.41) is 22.5. The van der Waals surface area contributed by atoms with Crippen molar-refractivity contribution in [3.63, 3.8) is 0 Å². The lowest BCUT2D eigenvalue weighted by Gasteiger charge is -2.18. The van der Waals surface area contributed by atoms with Gasteiger partial charge in [0, 0.05) is 10.8 Å². The summed E-state index contributed by atoms with van der Waals surface area (Å²) >= 11 is 0. The number of hydrogen-bond donors (Lipinski definition) is 3. The van der Waals surface area contributed by atoms with Gasteiger partial charge in [-0.25, -0.2) is 4.79 Å². The molecule has 0 aliphatic rings. The molecule has 150 valence electrons. The van der Waals surface area contributed by atoms with Crippen molar-refractivity contribution in [1.29, 1.82) is 0 Å². The minimum Gasteiger partial charge on any atom is -0.508 e. The number of fused-ring (bicyclic) bond motifs is 2. The molecule has 0 saturated carbocycles. The monoisotopic (exact) mass is 402 g/mol. The lowest BCUT2D eigenvalue weighted by Crippen LogP contribution is -2.36. The molecule has 0 aliphatic heterocycles. The maximum Gasteiger partial charge on any atom is 0.330 e. The number of carbonyl (C=O) groups excluding carboxylic acids is 1. The number of aromatic hydroxyl groups is 1. The minimum absolute atomic E-state index is 0.000383. The third-order valence-electron chi connectivity index (χ3n) is 4.96. The summed E-state index contributed by atoms with van der Waals surface area (Å²) in [5.74, 6) is -1.74. The average molecular weight is 402 g/mol. The Labute approximate surface area is 170 Å². The van der Waals surface area contributed by atoms with E-state index in [-0.39, 0.29) is 17.7 Å². The molecule has 1 heterocycles. The molecule has 0 aliphatic carbocycles. The van der Waals surface area contributed by atoms with Crippen LogP contribution in [0.2, 0.25) is 0 Å². The molecule has 30 heavy (non-hydrogen) atoms. The zero-order chi connectivity index (χ0) is 21.3. The third-order valence-corrected chi connectivity index (χ3v) is 4.96. The van der Waals surface area contributed by atoms with Gasteiger partial charge in [-0.2, -0.15) is 0 Å². The molecule has 1 atom stereocenters. The minimum atomic E-state index is -1.27. The van der Waals surface area contributed by atoms with E-state index in [0.29, 0.717) is 27.4 Å². The van der Waals surface area contributed by atoms with E-state index in [2.05, 4.69) is 5.32 Å². The molecule has 7 nitrogen and oxygen atoms in total. The van der Waals surface area contributed by atoms with Gasteiger partial charge in [-0.1, -0.05) is 36.4 Å². The number of phenols is 1. The first-order chi connectivity index (χ1) is 14.5. The van der Waals surface area contributed by atoms with E-state index in [1.807, 2.05) is 0 Å². The molecule has 0 unspecified atom stereocenters. The number of para-hydroxylation sites is 2. The summed E-state index contributed by atoms with van der Waals surface area (Å²) in [4.78, 5) is 37.3. The molecule has 3 N–H and O–H groups in total. The second-order valence-electron chi connectivity index (χ2n) is 6.88. The SMILES string of the molecule is O=C(Cn1c2ccccc2c(=O)c2ccccc21)N[C@H](C(=O)O)c1ccc(O)cc1. The maximum atomic E-state index is 12.8. The Morgan fingerprint density at radius 2 is 1.40 bits per heavy atom. The quantitative estimate of drug-likeness (QED) is 0.445. The molecule has 1 amide bonds. The van der Waals surface area contributed by atoms with Gasteiger partial charge in [0.2, 0.25) is 5.91 Å². The number of benzene rings is 3. The van der Waals surface area contributed by atoms with Crippen molar-refractivity contribution in [2.45, 2.75) is 12.6 Å². The summed E-state index contributed by atoms with van der Waals surface area (Å²) in [6, 6.07) is 18.3. The van der Waals surface area contributed by atoms with E-state index < -0.39 is 17.9 Å². The normalized spacial score (nSPS) is 12.0. The van der Waals surface area contributed by atoms with E-state index in [0.717, 1.165) is 0 Å². The van der Waals surface area contributed by atoms with Gasteiger partial charge >= 0.3 is 5.97 Å². The molecule has 0 radical (unpaired) electrons. The number of rotatable bonds is 5. The van der Waals surface area contributed by atoms with Crippen molar-refractivity contribution in [2.24, 2.45) is 0 Å². The summed E-state index contributed by atoms with van der Waals surface area (Å²) in [6.45, 7) is -0.164. The fourth-order valence-corrected chi connectivity index (χ4v) is 3.55. The zero-order valence-corrected chi connectivity index (χ0v) is 15.8. The standard InChI is InChI=1S/C23H18N2O5/c26-15-11-9-14(10-12-15)21(23(29)30)24-20(27)13-25-18-7-3-1-5-16(18)22(28)17-6-2-4-8-19(17)25/h1-12,21,26H,13H2,(H,24,27)(H,29,30)/t21-/m0/s1. The molecule has 4 aromatic rings. The van der Waals surface area contributed by atoms with Crippen molar-refractivity contribution < 1.29 is 19.8 Å². The summed E-state index contributed by atoms with van der Waals surface area (Å²) < 4.78 is 1.71. The van der Waals surface area contributed by atoms with E-state index >= 15 is 0 Å². The van der Waals surface area contributed by atoms with E-state index in [9.17, 15) is 24.6 Å². The van der Waals surface area contributed by atoms with E-state index in [4.69, 9.17) is 0 Å². The summed E-state index contributed by atoms with van der Waals surface area (Å²) in [5.41, 5.74) is 1.40. The molecular formula is C23H18N2O5. The van der Waals surface area contributed by atoms with Gasteiger partial charge in [0.1, 0.15) is 12.3 Å². The number of hydrogen-bond acceptors (Lipinski definition) is 4. The van der Waals surface area contributed by atoms with Gasteiger partial charge in [-0.05, 0) is 42.0 Å². The number of nitrogens with zero attached hydrogens (tertiary/aromatic N) is 1. The smallest absolute Gasteiger partial charge is 0.330 e. The van der Waals surface area contributed by atoms with Crippen LogP contribution in [0.25, 0.3) is 21.8 Å². The van der Waals surface area contributed by atoms with Crippen molar-refractivity contribution in [1.82, 2.24) is 9.88 Å². The molecule has 7 heteroatoms. The van der Waals surface area contributed by atoms with Crippen molar-refractivity contribution in [2.75, 3.05) is 0 Å². The zero-order valence-electron chi connectivity index (χ0n) is 15.8. The van der Waals surface area contributed by atoms with Gasteiger partial charge in [0.25, 0.3) is 0 Å². The Morgan fingerprint density at radius 3 is 1.93 bits per heavy atom. The van der Waals surface area contributed by atoms with Crippen LogP contribution in [0, 0.1) is 0 Å². The Balaban J connectivity index is 1.73. The highest BCUT2D eigenvalue weighted by Crippen LogP contribution is 2.20. The number of pyridine rings is 1. The predicted molar refractivity (Wildman–Crippen MR) is 112 cm³/mol. The van der Waals surface area contributed by atoms with Crippen molar-refractivity contribution >= 4 is 33.7 Å². The number of aliphatic carboxylic acids is 1. The highest BCUT2D eigenvalue weighted by molar-refractivity contribution is 5.95. The van der Waals surface area contributed by atoms with Crippen LogP contribution >= 0.6 is 0 Å². The highest BCUT2D eigenvalue weighted by atomic mass is 16.4. The fourth-order valence-electron chi connectivity index (χ4n) is 3.55. The third kappa shape index (κ3) is 3.48. The lowest BCUT2D eigenvalue weighted by atomic mass is 10.1. The Kier molecular flexibility index (Phi) is 4.93. The number of carboxylic acids is 1. The number of carboxylic acid groups (broad SMARTS) is 1. The van der Waals surface area contributed by atoms with Gasteiger partial charge < -0.3 is 20.1 Å². The highest BCUT2D eigenvalue weighted by Gasteiger charge is 2.23. The Hall–Kier alpha value is -4.13. The first kappa shape index (κ1) is 19.2. The van der Waals surface area contributed by atoms with Crippen LogP contribution in [0.5, 0.6) is 5.75 Å². The van der Waals surface area contributed by atoms with E-state index in [1.54, 1.807) is 53.1 Å². The second kappa shape index (κ2) is 7.71. The largest absolute Gasteiger partial charge is 0.508 e. The molecule has 0 fully saturated rings.